The molecule has 0 aliphatic heterocycles. The van der Waals surface area contributed by atoms with E-state index < -0.39 is 0 Å². The first-order valence-corrected chi connectivity index (χ1v) is 6.02. The first-order valence-electron chi connectivity index (χ1n) is 4.84. The van der Waals surface area contributed by atoms with Crippen LogP contribution in [0, 0.1) is 0 Å². The fourth-order valence-corrected chi connectivity index (χ4v) is 1.99. The Hall–Kier alpha value is -0.870. The summed E-state index contributed by atoms with van der Waals surface area (Å²) >= 11 is 9.20. The fourth-order valence-electron chi connectivity index (χ4n) is 1.40. The Morgan fingerprint density at radius 1 is 1.38 bits per heavy atom. The number of hydrogen-bond acceptors (Lipinski definition) is 3. The van der Waals surface area contributed by atoms with Gasteiger partial charge < -0.3 is 4.74 Å². The average Bonchev–Trinajstić information content (AvgIpc) is 2.18. The van der Waals surface area contributed by atoms with Crippen molar-refractivity contribution in [3.8, 4) is 5.75 Å². The van der Waals surface area contributed by atoms with Crippen molar-refractivity contribution in [3.63, 3.8) is 0 Å². The summed E-state index contributed by atoms with van der Waals surface area (Å²) in [7, 11) is 0. The zero-order valence-corrected chi connectivity index (χ0v) is 11.2. The summed E-state index contributed by atoms with van der Waals surface area (Å²) in [5.74, 6) is 0.712. The highest BCUT2D eigenvalue weighted by Crippen LogP contribution is 2.29. The molecule has 1 aromatic carbocycles. The molecular formula is C11H10BrClN2O. The molecular weight excluding hydrogens is 291 g/mol. The quantitative estimate of drug-likeness (QED) is 0.791. The van der Waals surface area contributed by atoms with Crippen molar-refractivity contribution in [2.45, 2.75) is 20.0 Å². The molecule has 0 atom stereocenters. The van der Waals surface area contributed by atoms with Gasteiger partial charge in [-0.25, -0.2) is 9.97 Å². The van der Waals surface area contributed by atoms with Crippen LogP contribution >= 0.6 is 27.5 Å². The van der Waals surface area contributed by atoms with Gasteiger partial charge in [0.05, 0.1) is 6.10 Å². The first-order chi connectivity index (χ1) is 7.56. The van der Waals surface area contributed by atoms with Crippen molar-refractivity contribution in [1.29, 1.82) is 0 Å². The van der Waals surface area contributed by atoms with Crippen molar-refractivity contribution in [1.82, 2.24) is 9.97 Å². The van der Waals surface area contributed by atoms with Gasteiger partial charge in [-0.1, -0.05) is 15.9 Å². The van der Waals surface area contributed by atoms with Crippen molar-refractivity contribution in [2.75, 3.05) is 0 Å². The molecule has 2 aromatic rings. The van der Waals surface area contributed by atoms with Crippen LogP contribution in [0.5, 0.6) is 5.75 Å². The minimum absolute atomic E-state index is 0.0891. The second kappa shape index (κ2) is 4.55. The smallest absolute Gasteiger partial charge is 0.223 e. The van der Waals surface area contributed by atoms with Gasteiger partial charge in [0.1, 0.15) is 11.3 Å². The van der Waals surface area contributed by atoms with E-state index in [9.17, 15) is 0 Å². The molecule has 0 aliphatic carbocycles. The predicted molar refractivity (Wildman–Crippen MR) is 68.0 cm³/mol. The van der Waals surface area contributed by atoms with Gasteiger partial charge in [-0.2, -0.15) is 0 Å². The standard InChI is InChI=1S/C11H10BrClN2O/c1-6(2)16-9-4-8(12)3-7-5-14-11(13)15-10(7)9/h3-6H,1-2H3. The molecule has 16 heavy (non-hydrogen) atoms. The number of benzene rings is 1. The van der Waals surface area contributed by atoms with E-state index in [0.717, 1.165) is 15.4 Å². The predicted octanol–water partition coefficient (Wildman–Crippen LogP) is 3.83. The Kier molecular flexibility index (Phi) is 3.30. The molecule has 0 unspecified atom stereocenters. The van der Waals surface area contributed by atoms with Crippen LogP contribution in [0.4, 0.5) is 0 Å². The molecule has 3 nitrogen and oxygen atoms in total. The van der Waals surface area contributed by atoms with E-state index in [1.54, 1.807) is 6.20 Å². The second-order valence-corrected chi connectivity index (χ2v) is 4.90. The molecule has 0 aliphatic rings. The minimum Gasteiger partial charge on any atom is -0.489 e. The van der Waals surface area contributed by atoms with Crippen molar-refractivity contribution in [3.05, 3.63) is 28.1 Å². The molecule has 0 N–H and O–H groups in total. The van der Waals surface area contributed by atoms with E-state index in [-0.39, 0.29) is 11.4 Å². The largest absolute Gasteiger partial charge is 0.489 e. The lowest BCUT2D eigenvalue weighted by molar-refractivity contribution is 0.245. The summed E-state index contributed by atoms with van der Waals surface area (Å²) in [5, 5.41) is 1.12. The topological polar surface area (TPSA) is 35.0 Å². The molecule has 0 radical (unpaired) electrons. The summed E-state index contributed by atoms with van der Waals surface area (Å²) < 4.78 is 6.62. The molecule has 0 amide bonds. The van der Waals surface area contributed by atoms with Crippen LogP contribution in [0.1, 0.15) is 13.8 Å². The third-order valence-corrected chi connectivity index (χ3v) is 2.59. The molecule has 84 valence electrons. The molecule has 0 saturated carbocycles. The Bertz CT molecular complexity index is 531. The van der Waals surface area contributed by atoms with Crippen LogP contribution in [0.3, 0.4) is 0 Å². The number of aromatic nitrogens is 2. The number of hydrogen-bond donors (Lipinski definition) is 0. The Morgan fingerprint density at radius 3 is 2.81 bits per heavy atom. The van der Waals surface area contributed by atoms with Gasteiger partial charge in [-0.15, -0.1) is 0 Å². The van der Waals surface area contributed by atoms with E-state index in [0.29, 0.717) is 5.75 Å². The van der Waals surface area contributed by atoms with Crippen molar-refractivity contribution >= 4 is 38.4 Å². The average molecular weight is 302 g/mol. The highest BCUT2D eigenvalue weighted by molar-refractivity contribution is 9.10. The van der Waals surface area contributed by atoms with E-state index in [4.69, 9.17) is 16.3 Å². The highest BCUT2D eigenvalue weighted by atomic mass is 79.9. The SMILES string of the molecule is CC(C)Oc1cc(Br)cc2cnc(Cl)nc12. The third-order valence-electron chi connectivity index (χ3n) is 1.95. The monoisotopic (exact) mass is 300 g/mol. The Morgan fingerprint density at radius 2 is 2.12 bits per heavy atom. The number of fused-ring (bicyclic) bond motifs is 1. The van der Waals surface area contributed by atoms with Crippen LogP contribution in [-0.2, 0) is 0 Å². The summed E-state index contributed by atoms with van der Waals surface area (Å²) in [6.07, 6.45) is 1.77. The first kappa shape index (κ1) is 11.6. The molecule has 0 fully saturated rings. The lowest BCUT2D eigenvalue weighted by Gasteiger charge is -2.12. The second-order valence-electron chi connectivity index (χ2n) is 3.65. The lowest BCUT2D eigenvalue weighted by Crippen LogP contribution is -2.06. The Labute approximate surface area is 107 Å². The highest BCUT2D eigenvalue weighted by Gasteiger charge is 2.08. The van der Waals surface area contributed by atoms with E-state index in [2.05, 4.69) is 25.9 Å². The van der Waals surface area contributed by atoms with Crippen molar-refractivity contribution in [2.24, 2.45) is 0 Å². The third kappa shape index (κ3) is 2.44. The van der Waals surface area contributed by atoms with Crippen LogP contribution in [0.2, 0.25) is 5.28 Å². The number of nitrogens with zero attached hydrogens (tertiary/aromatic N) is 2. The fraction of sp³-hybridized carbons (Fsp3) is 0.273. The number of halogens is 2. The van der Waals surface area contributed by atoms with Crippen LogP contribution < -0.4 is 4.74 Å². The molecule has 1 heterocycles. The van der Waals surface area contributed by atoms with Crippen LogP contribution in [-0.4, -0.2) is 16.1 Å². The summed E-state index contributed by atoms with van der Waals surface area (Å²) in [6, 6.07) is 3.81. The number of rotatable bonds is 2. The van der Waals surface area contributed by atoms with Gasteiger partial charge in [-0.05, 0) is 37.6 Å². The number of ether oxygens (including phenoxy) is 1. The normalized spacial score (nSPS) is 11.1. The maximum atomic E-state index is 5.78. The van der Waals surface area contributed by atoms with E-state index in [1.165, 1.54) is 0 Å². The molecule has 0 bridgehead atoms. The van der Waals surface area contributed by atoms with E-state index >= 15 is 0 Å². The maximum Gasteiger partial charge on any atom is 0.223 e. The van der Waals surface area contributed by atoms with Gasteiger partial charge >= 0.3 is 0 Å². The molecule has 5 heteroatoms. The molecule has 0 saturated heterocycles. The molecule has 1 aromatic heterocycles. The summed E-state index contributed by atoms with van der Waals surface area (Å²) in [4.78, 5) is 8.12. The lowest BCUT2D eigenvalue weighted by atomic mass is 10.2. The van der Waals surface area contributed by atoms with Gasteiger partial charge in [0.25, 0.3) is 0 Å². The van der Waals surface area contributed by atoms with Crippen LogP contribution in [0.15, 0.2) is 22.8 Å². The van der Waals surface area contributed by atoms with Gasteiger partial charge in [0.2, 0.25) is 5.28 Å². The van der Waals surface area contributed by atoms with Gasteiger partial charge in [-0.3, -0.25) is 0 Å². The van der Waals surface area contributed by atoms with E-state index in [1.807, 2.05) is 26.0 Å². The Balaban J connectivity index is 2.64. The summed E-state index contributed by atoms with van der Waals surface area (Å²) in [5.41, 5.74) is 0.733. The molecule has 0 spiro atoms. The zero-order chi connectivity index (χ0) is 11.7. The van der Waals surface area contributed by atoms with Gasteiger partial charge in [0, 0.05) is 16.1 Å². The zero-order valence-electron chi connectivity index (χ0n) is 8.87. The van der Waals surface area contributed by atoms with Crippen LogP contribution in [0.25, 0.3) is 10.9 Å². The van der Waals surface area contributed by atoms with Gasteiger partial charge in [0.15, 0.2) is 0 Å². The molecule has 2 rings (SSSR count). The minimum atomic E-state index is 0.0891. The maximum absolute atomic E-state index is 5.78. The summed E-state index contributed by atoms with van der Waals surface area (Å²) in [6.45, 7) is 3.94. The van der Waals surface area contributed by atoms with Crippen molar-refractivity contribution < 1.29 is 4.74 Å².